The molecule has 1 aliphatic heterocycles. The van der Waals surface area contributed by atoms with Gasteiger partial charge in [0, 0.05) is 19.1 Å². The number of nitrogens with one attached hydrogen (secondary N) is 1. The van der Waals surface area contributed by atoms with Gasteiger partial charge in [-0.15, -0.1) is 0 Å². The Bertz CT molecular complexity index is 406. The molecular formula is C12H26N4O2S. The van der Waals surface area contributed by atoms with Gasteiger partial charge in [0.05, 0.1) is 12.8 Å². The first-order chi connectivity index (χ1) is 8.80. The predicted molar refractivity (Wildman–Crippen MR) is 78.5 cm³/mol. The standard InChI is InChI=1S/C12H26N4O2S/c1-10(2)6-7-14-12(13)15-9-11-5-4-8-16(11)19(3,17)18/h10-11H,4-9H2,1-3H3,(H3,13,14,15)/t11-/m1/s1. The molecule has 112 valence electrons. The van der Waals surface area contributed by atoms with Gasteiger partial charge < -0.3 is 11.1 Å². The quantitative estimate of drug-likeness (QED) is 0.546. The number of aliphatic imine (C=N–C) groups is 1. The number of hydrogen-bond donors (Lipinski definition) is 2. The van der Waals surface area contributed by atoms with Crippen molar-refractivity contribution in [1.82, 2.24) is 9.62 Å². The minimum atomic E-state index is -3.12. The molecule has 0 bridgehead atoms. The topological polar surface area (TPSA) is 87.8 Å². The van der Waals surface area contributed by atoms with Crippen LogP contribution in [0.15, 0.2) is 4.99 Å². The van der Waals surface area contributed by atoms with Crippen molar-refractivity contribution in [1.29, 1.82) is 0 Å². The molecule has 0 radical (unpaired) electrons. The van der Waals surface area contributed by atoms with Crippen molar-refractivity contribution in [3.63, 3.8) is 0 Å². The molecule has 1 rings (SSSR count). The molecule has 1 saturated heterocycles. The van der Waals surface area contributed by atoms with Gasteiger partial charge in [-0.25, -0.2) is 8.42 Å². The number of sulfonamides is 1. The summed E-state index contributed by atoms with van der Waals surface area (Å²) in [5.74, 6) is 1.02. The average molecular weight is 290 g/mol. The van der Waals surface area contributed by atoms with E-state index in [-0.39, 0.29) is 6.04 Å². The van der Waals surface area contributed by atoms with E-state index >= 15 is 0 Å². The minimum Gasteiger partial charge on any atom is -0.370 e. The van der Waals surface area contributed by atoms with E-state index in [0.29, 0.717) is 25.0 Å². The molecule has 0 amide bonds. The van der Waals surface area contributed by atoms with E-state index in [1.165, 1.54) is 10.6 Å². The summed E-state index contributed by atoms with van der Waals surface area (Å²) in [4.78, 5) is 4.24. The minimum absolute atomic E-state index is 0.0413. The largest absolute Gasteiger partial charge is 0.370 e. The zero-order valence-electron chi connectivity index (χ0n) is 12.1. The number of hydrogen-bond acceptors (Lipinski definition) is 3. The Labute approximate surface area is 116 Å². The van der Waals surface area contributed by atoms with Crippen LogP contribution in [0, 0.1) is 5.92 Å². The second-order valence-corrected chi connectivity index (χ2v) is 7.44. The molecule has 0 aromatic heterocycles. The highest BCUT2D eigenvalue weighted by Crippen LogP contribution is 2.20. The summed E-state index contributed by atoms with van der Waals surface area (Å²) in [6.45, 7) is 6.13. The number of rotatable bonds is 6. The van der Waals surface area contributed by atoms with Gasteiger partial charge in [-0.05, 0) is 25.2 Å². The number of nitrogens with two attached hydrogens (primary N) is 1. The maximum absolute atomic E-state index is 11.6. The van der Waals surface area contributed by atoms with Crippen LogP contribution in [0.1, 0.15) is 33.1 Å². The zero-order chi connectivity index (χ0) is 14.5. The first-order valence-corrected chi connectivity index (χ1v) is 8.66. The second kappa shape index (κ2) is 7.09. The summed E-state index contributed by atoms with van der Waals surface area (Å²) in [6.07, 6.45) is 4.04. The summed E-state index contributed by atoms with van der Waals surface area (Å²) in [7, 11) is -3.12. The maximum atomic E-state index is 11.6. The summed E-state index contributed by atoms with van der Waals surface area (Å²) in [5, 5.41) is 3.05. The summed E-state index contributed by atoms with van der Waals surface area (Å²) in [6, 6.07) is -0.0413. The van der Waals surface area contributed by atoms with Crippen molar-refractivity contribution < 1.29 is 8.42 Å². The van der Waals surface area contributed by atoms with Gasteiger partial charge in [-0.3, -0.25) is 4.99 Å². The Morgan fingerprint density at radius 2 is 2.21 bits per heavy atom. The van der Waals surface area contributed by atoms with E-state index in [2.05, 4.69) is 24.2 Å². The van der Waals surface area contributed by atoms with Gasteiger partial charge in [0.2, 0.25) is 10.0 Å². The van der Waals surface area contributed by atoms with Crippen LogP contribution in [-0.4, -0.2) is 50.6 Å². The van der Waals surface area contributed by atoms with Crippen LogP contribution in [0.3, 0.4) is 0 Å². The average Bonchev–Trinajstić information content (AvgIpc) is 2.73. The van der Waals surface area contributed by atoms with Crippen LogP contribution in [0.2, 0.25) is 0 Å². The molecule has 0 unspecified atom stereocenters. The van der Waals surface area contributed by atoms with Gasteiger partial charge in [0.25, 0.3) is 0 Å². The third kappa shape index (κ3) is 5.78. The predicted octanol–water partition coefficient (Wildman–Crippen LogP) is 0.361. The fourth-order valence-corrected chi connectivity index (χ4v) is 3.35. The van der Waals surface area contributed by atoms with Crippen LogP contribution >= 0.6 is 0 Å². The van der Waals surface area contributed by atoms with E-state index < -0.39 is 10.0 Å². The van der Waals surface area contributed by atoms with Crippen LogP contribution in [0.5, 0.6) is 0 Å². The lowest BCUT2D eigenvalue weighted by molar-refractivity contribution is 0.397. The maximum Gasteiger partial charge on any atom is 0.211 e. The molecule has 7 heteroatoms. The molecule has 0 aromatic carbocycles. The van der Waals surface area contributed by atoms with Crippen molar-refractivity contribution >= 4 is 16.0 Å². The van der Waals surface area contributed by atoms with E-state index in [4.69, 9.17) is 5.73 Å². The molecule has 6 nitrogen and oxygen atoms in total. The van der Waals surface area contributed by atoms with Crippen molar-refractivity contribution in [2.24, 2.45) is 16.6 Å². The van der Waals surface area contributed by atoms with Crippen LogP contribution < -0.4 is 11.1 Å². The van der Waals surface area contributed by atoms with Crippen LogP contribution in [0.25, 0.3) is 0 Å². The lowest BCUT2D eigenvalue weighted by Gasteiger charge is -2.20. The van der Waals surface area contributed by atoms with Crippen molar-refractivity contribution in [3.8, 4) is 0 Å². The normalized spacial score (nSPS) is 22.1. The third-order valence-electron chi connectivity index (χ3n) is 3.25. The fourth-order valence-electron chi connectivity index (χ4n) is 2.18. The third-order valence-corrected chi connectivity index (χ3v) is 4.58. The van der Waals surface area contributed by atoms with Crippen molar-refractivity contribution in [2.45, 2.75) is 39.2 Å². The summed E-state index contributed by atoms with van der Waals surface area (Å²) >= 11 is 0. The fraction of sp³-hybridized carbons (Fsp3) is 0.917. The van der Waals surface area contributed by atoms with Gasteiger partial charge in [0.1, 0.15) is 0 Å². The van der Waals surface area contributed by atoms with Gasteiger partial charge in [-0.2, -0.15) is 4.31 Å². The molecule has 0 saturated carbocycles. The Morgan fingerprint density at radius 1 is 1.53 bits per heavy atom. The molecule has 1 heterocycles. The Morgan fingerprint density at radius 3 is 2.79 bits per heavy atom. The summed E-state index contributed by atoms with van der Waals surface area (Å²) < 4.78 is 24.7. The van der Waals surface area contributed by atoms with Crippen LogP contribution in [-0.2, 0) is 10.0 Å². The van der Waals surface area contributed by atoms with E-state index in [9.17, 15) is 8.42 Å². The van der Waals surface area contributed by atoms with E-state index in [0.717, 1.165) is 25.8 Å². The SMILES string of the molecule is CC(C)CCNC(N)=NC[C@H]1CCCN1S(C)(=O)=O. The summed E-state index contributed by atoms with van der Waals surface area (Å²) in [5.41, 5.74) is 5.76. The monoisotopic (exact) mass is 290 g/mol. The van der Waals surface area contributed by atoms with Crippen LogP contribution in [0.4, 0.5) is 0 Å². The molecule has 1 fully saturated rings. The molecule has 0 aromatic rings. The van der Waals surface area contributed by atoms with Gasteiger partial charge >= 0.3 is 0 Å². The first kappa shape index (κ1) is 16.2. The Hall–Kier alpha value is -0.820. The molecule has 0 spiro atoms. The molecule has 3 N–H and O–H groups in total. The van der Waals surface area contributed by atoms with E-state index in [1.807, 2.05) is 0 Å². The highest BCUT2D eigenvalue weighted by molar-refractivity contribution is 7.88. The lowest BCUT2D eigenvalue weighted by atomic mass is 10.1. The van der Waals surface area contributed by atoms with Gasteiger partial charge in [-0.1, -0.05) is 13.8 Å². The Balaban J connectivity index is 2.42. The zero-order valence-corrected chi connectivity index (χ0v) is 12.9. The van der Waals surface area contributed by atoms with Crippen molar-refractivity contribution in [2.75, 3.05) is 25.9 Å². The van der Waals surface area contributed by atoms with Crippen molar-refractivity contribution in [3.05, 3.63) is 0 Å². The highest BCUT2D eigenvalue weighted by Gasteiger charge is 2.30. The Kier molecular flexibility index (Phi) is 6.06. The lowest BCUT2D eigenvalue weighted by Crippen LogP contribution is -2.38. The van der Waals surface area contributed by atoms with E-state index in [1.54, 1.807) is 0 Å². The molecule has 0 aliphatic carbocycles. The molecule has 19 heavy (non-hydrogen) atoms. The molecule has 1 aliphatic rings. The van der Waals surface area contributed by atoms with Gasteiger partial charge in [0.15, 0.2) is 5.96 Å². The molecular weight excluding hydrogens is 264 g/mol. The second-order valence-electron chi connectivity index (χ2n) is 5.50. The first-order valence-electron chi connectivity index (χ1n) is 6.81. The molecule has 1 atom stereocenters. The smallest absolute Gasteiger partial charge is 0.211 e. The number of guanidine groups is 1. The highest BCUT2D eigenvalue weighted by atomic mass is 32.2. The number of nitrogens with zero attached hydrogens (tertiary/aromatic N) is 2.